The number of nitrogen functional groups attached to an aromatic ring is 2. The molecule has 0 aliphatic rings. The van der Waals surface area contributed by atoms with E-state index in [2.05, 4.69) is 25.1 Å². The van der Waals surface area contributed by atoms with E-state index in [1.165, 1.54) is 5.56 Å². The van der Waals surface area contributed by atoms with Gasteiger partial charge in [-0.3, -0.25) is 0 Å². The lowest BCUT2D eigenvalue weighted by Gasteiger charge is -2.11. The smallest absolute Gasteiger partial charge is 0.0382 e. The highest BCUT2D eigenvalue weighted by Gasteiger charge is 2.06. The van der Waals surface area contributed by atoms with Crippen LogP contribution in [0.2, 0.25) is 0 Å². The van der Waals surface area contributed by atoms with Crippen molar-refractivity contribution in [3.05, 3.63) is 59.2 Å². The molecule has 2 heteroatoms. The zero-order chi connectivity index (χ0) is 12.3. The van der Waals surface area contributed by atoms with Gasteiger partial charge in [0.2, 0.25) is 0 Å². The number of hydrogen-bond donors (Lipinski definition) is 2. The predicted molar refractivity (Wildman–Crippen MR) is 73.9 cm³/mol. The zero-order valence-corrected chi connectivity index (χ0v) is 10.1. The summed E-state index contributed by atoms with van der Waals surface area (Å²) in [5, 5.41) is 0. The quantitative estimate of drug-likeness (QED) is 0.790. The molecule has 2 rings (SSSR count). The molecule has 88 valence electrons. The molecule has 0 atom stereocenters. The van der Waals surface area contributed by atoms with E-state index in [9.17, 15) is 0 Å². The van der Waals surface area contributed by atoms with Crippen LogP contribution in [0.4, 0.5) is 11.4 Å². The van der Waals surface area contributed by atoms with Gasteiger partial charge in [-0.2, -0.15) is 0 Å². The van der Waals surface area contributed by atoms with Crippen LogP contribution in [0.3, 0.4) is 0 Å². The van der Waals surface area contributed by atoms with Gasteiger partial charge in [-0.25, -0.2) is 0 Å². The van der Waals surface area contributed by atoms with Crippen LogP contribution in [0.25, 0.3) is 0 Å². The van der Waals surface area contributed by atoms with E-state index in [-0.39, 0.29) is 0 Å². The van der Waals surface area contributed by atoms with Gasteiger partial charge in [0.1, 0.15) is 0 Å². The summed E-state index contributed by atoms with van der Waals surface area (Å²) in [7, 11) is 0. The molecule has 0 aliphatic heterocycles. The molecule has 0 unspecified atom stereocenters. The summed E-state index contributed by atoms with van der Waals surface area (Å²) < 4.78 is 0. The van der Waals surface area contributed by atoms with Gasteiger partial charge >= 0.3 is 0 Å². The van der Waals surface area contributed by atoms with Crippen LogP contribution in [0.15, 0.2) is 42.5 Å². The Morgan fingerprint density at radius 3 is 2.18 bits per heavy atom. The number of para-hydroxylation sites is 2. The molecule has 0 saturated carbocycles. The summed E-state index contributed by atoms with van der Waals surface area (Å²) in [6.07, 6.45) is 1.76. The van der Waals surface area contributed by atoms with E-state index in [0.29, 0.717) is 0 Å². The monoisotopic (exact) mass is 226 g/mol. The first kappa shape index (κ1) is 11.5. The topological polar surface area (TPSA) is 52.0 Å². The van der Waals surface area contributed by atoms with E-state index in [1.54, 1.807) is 0 Å². The SMILES string of the molecule is CCc1cccc(Cc2ccccc2N)c1N. The minimum Gasteiger partial charge on any atom is -0.398 e. The normalized spacial score (nSPS) is 10.4. The Bertz CT molecular complexity index is 518. The van der Waals surface area contributed by atoms with Crippen LogP contribution in [0.1, 0.15) is 23.6 Å². The Morgan fingerprint density at radius 1 is 0.824 bits per heavy atom. The molecule has 0 saturated heterocycles. The van der Waals surface area contributed by atoms with Crippen molar-refractivity contribution in [1.29, 1.82) is 0 Å². The van der Waals surface area contributed by atoms with Gasteiger partial charge in [0.25, 0.3) is 0 Å². The molecule has 4 N–H and O–H groups in total. The largest absolute Gasteiger partial charge is 0.398 e. The fourth-order valence-corrected chi connectivity index (χ4v) is 2.03. The molecule has 2 aromatic carbocycles. The van der Waals surface area contributed by atoms with Crippen molar-refractivity contribution in [2.24, 2.45) is 0 Å². The van der Waals surface area contributed by atoms with E-state index < -0.39 is 0 Å². The Morgan fingerprint density at radius 2 is 1.47 bits per heavy atom. The lowest BCUT2D eigenvalue weighted by atomic mass is 9.98. The summed E-state index contributed by atoms with van der Waals surface area (Å²) in [5.74, 6) is 0. The number of rotatable bonds is 3. The lowest BCUT2D eigenvalue weighted by molar-refractivity contribution is 1.11. The van der Waals surface area contributed by atoms with Crippen molar-refractivity contribution >= 4 is 11.4 Å². The van der Waals surface area contributed by atoms with Gasteiger partial charge in [0.05, 0.1) is 0 Å². The number of hydrogen-bond acceptors (Lipinski definition) is 2. The van der Waals surface area contributed by atoms with E-state index in [0.717, 1.165) is 35.3 Å². The number of aryl methyl sites for hydroxylation is 1. The second-order valence-corrected chi connectivity index (χ2v) is 4.22. The Labute approximate surface area is 102 Å². The Balaban J connectivity index is 2.34. The van der Waals surface area contributed by atoms with Crippen LogP contribution in [-0.2, 0) is 12.8 Å². The molecule has 17 heavy (non-hydrogen) atoms. The third-order valence-electron chi connectivity index (χ3n) is 3.10. The fourth-order valence-electron chi connectivity index (χ4n) is 2.03. The molecule has 0 heterocycles. The summed E-state index contributed by atoms with van der Waals surface area (Å²) in [6.45, 7) is 2.12. The van der Waals surface area contributed by atoms with Crippen molar-refractivity contribution in [2.75, 3.05) is 11.5 Å². The molecule has 0 amide bonds. The number of anilines is 2. The maximum Gasteiger partial charge on any atom is 0.0382 e. The minimum absolute atomic E-state index is 0.798. The summed E-state index contributed by atoms with van der Waals surface area (Å²) >= 11 is 0. The van der Waals surface area contributed by atoms with Gasteiger partial charge in [-0.05, 0) is 29.2 Å². The molecule has 0 bridgehead atoms. The number of nitrogens with two attached hydrogens (primary N) is 2. The first-order valence-corrected chi connectivity index (χ1v) is 5.92. The molecule has 0 radical (unpaired) electrons. The van der Waals surface area contributed by atoms with Gasteiger partial charge in [-0.1, -0.05) is 43.3 Å². The molecular formula is C15H18N2. The zero-order valence-electron chi connectivity index (χ0n) is 10.1. The van der Waals surface area contributed by atoms with Crippen LogP contribution in [0, 0.1) is 0 Å². The minimum atomic E-state index is 0.798. The highest BCUT2D eigenvalue weighted by atomic mass is 14.6. The first-order chi connectivity index (χ1) is 8.22. The molecule has 0 aromatic heterocycles. The molecule has 0 fully saturated rings. The summed E-state index contributed by atoms with van der Waals surface area (Å²) in [5.41, 5.74) is 17.3. The van der Waals surface area contributed by atoms with Crippen LogP contribution in [-0.4, -0.2) is 0 Å². The fraction of sp³-hybridized carbons (Fsp3) is 0.200. The van der Waals surface area contributed by atoms with E-state index in [4.69, 9.17) is 11.5 Å². The molecule has 2 aromatic rings. The van der Waals surface area contributed by atoms with Crippen molar-refractivity contribution < 1.29 is 0 Å². The second-order valence-electron chi connectivity index (χ2n) is 4.22. The van der Waals surface area contributed by atoms with Crippen LogP contribution < -0.4 is 11.5 Å². The molecule has 0 aliphatic carbocycles. The molecule has 2 nitrogen and oxygen atoms in total. The van der Waals surface area contributed by atoms with Crippen molar-refractivity contribution in [3.8, 4) is 0 Å². The van der Waals surface area contributed by atoms with E-state index >= 15 is 0 Å². The molecule has 0 spiro atoms. The Kier molecular flexibility index (Phi) is 3.33. The van der Waals surface area contributed by atoms with Gasteiger partial charge in [0.15, 0.2) is 0 Å². The van der Waals surface area contributed by atoms with Gasteiger partial charge in [-0.15, -0.1) is 0 Å². The summed E-state index contributed by atoms with van der Waals surface area (Å²) in [6, 6.07) is 14.1. The third-order valence-corrected chi connectivity index (χ3v) is 3.10. The van der Waals surface area contributed by atoms with Crippen molar-refractivity contribution in [3.63, 3.8) is 0 Å². The maximum atomic E-state index is 6.15. The maximum absolute atomic E-state index is 6.15. The van der Waals surface area contributed by atoms with Crippen LogP contribution in [0.5, 0.6) is 0 Å². The van der Waals surface area contributed by atoms with Crippen molar-refractivity contribution in [1.82, 2.24) is 0 Å². The van der Waals surface area contributed by atoms with Gasteiger partial charge in [0, 0.05) is 17.8 Å². The summed E-state index contributed by atoms with van der Waals surface area (Å²) in [4.78, 5) is 0. The van der Waals surface area contributed by atoms with Gasteiger partial charge < -0.3 is 11.5 Å². The highest BCUT2D eigenvalue weighted by molar-refractivity contribution is 5.57. The average Bonchev–Trinajstić information content (AvgIpc) is 2.34. The van der Waals surface area contributed by atoms with Crippen molar-refractivity contribution in [2.45, 2.75) is 19.8 Å². The average molecular weight is 226 g/mol. The number of benzene rings is 2. The van der Waals surface area contributed by atoms with Crippen LogP contribution >= 0.6 is 0 Å². The second kappa shape index (κ2) is 4.91. The standard InChI is InChI=1S/C15H18N2/c1-2-11-7-5-8-13(15(11)17)10-12-6-3-4-9-14(12)16/h3-9H,2,10,16-17H2,1H3. The molecular weight excluding hydrogens is 208 g/mol. The van der Waals surface area contributed by atoms with E-state index in [1.807, 2.05) is 24.3 Å². The highest BCUT2D eigenvalue weighted by Crippen LogP contribution is 2.23. The predicted octanol–water partition coefficient (Wildman–Crippen LogP) is 3.00. The Hall–Kier alpha value is -1.96. The lowest BCUT2D eigenvalue weighted by Crippen LogP contribution is -2.01. The third kappa shape index (κ3) is 2.41. The first-order valence-electron chi connectivity index (χ1n) is 5.92.